The number of benzene rings is 5. The predicted octanol–water partition coefficient (Wildman–Crippen LogP) is 8.45. The molecule has 4 nitrogen and oxygen atoms in total. The first kappa shape index (κ1) is 20.1. The average Bonchev–Trinajstić information content (AvgIpc) is 2.97. The lowest BCUT2D eigenvalue weighted by Crippen LogP contribution is -2.17. The number of hydrogen-bond donors (Lipinski definition) is 0. The molecule has 5 aromatic carbocycles. The van der Waals surface area contributed by atoms with Gasteiger partial charge in [0.25, 0.3) is 0 Å². The Morgan fingerprint density at radius 2 is 1.27 bits per heavy atom. The van der Waals surface area contributed by atoms with Gasteiger partial charge in [0, 0.05) is 16.3 Å². The van der Waals surface area contributed by atoms with Gasteiger partial charge in [-0.05, 0) is 52.9 Å². The van der Waals surface area contributed by atoms with Crippen LogP contribution in [0.25, 0.3) is 55.1 Å². The maximum Gasteiger partial charge on any atom is 0.156 e. The molecule has 0 spiro atoms. The number of nitrogens with zero attached hydrogens (tertiary/aromatic N) is 4. The first-order valence-corrected chi connectivity index (χ1v) is 12.4. The van der Waals surface area contributed by atoms with Crippen LogP contribution >= 0.6 is 0 Å². The van der Waals surface area contributed by atoms with Gasteiger partial charge in [-0.15, -0.1) is 0 Å². The Morgan fingerprint density at radius 1 is 0.514 bits per heavy atom. The highest BCUT2D eigenvalue weighted by atomic mass is 15.2. The fourth-order valence-corrected chi connectivity index (χ4v) is 5.53. The van der Waals surface area contributed by atoms with Crippen LogP contribution in [-0.2, 0) is 0 Å². The molecule has 8 rings (SSSR count). The third-order valence-electron chi connectivity index (χ3n) is 7.21. The summed E-state index contributed by atoms with van der Waals surface area (Å²) in [6.45, 7) is 0. The molecule has 0 fully saturated rings. The number of anilines is 3. The van der Waals surface area contributed by atoms with Crippen LogP contribution in [0, 0.1) is 0 Å². The Hall–Kier alpha value is -5.09. The second-order valence-electron chi connectivity index (χ2n) is 9.33. The zero-order valence-electron chi connectivity index (χ0n) is 19.8. The highest BCUT2D eigenvalue weighted by molar-refractivity contribution is 6.20. The minimum absolute atomic E-state index is 0.790. The van der Waals surface area contributed by atoms with Crippen molar-refractivity contribution in [1.82, 2.24) is 15.0 Å². The van der Waals surface area contributed by atoms with Gasteiger partial charge in [-0.1, -0.05) is 78.9 Å². The smallest absolute Gasteiger partial charge is 0.156 e. The molecule has 37 heavy (non-hydrogen) atoms. The quantitative estimate of drug-likeness (QED) is 0.237. The summed E-state index contributed by atoms with van der Waals surface area (Å²) < 4.78 is 0. The van der Waals surface area contributed by atoms with Gasteiger partial charge in [0.2, 0.25) is 0 Å². The van der Waals surface area contributed by atoms with Gasteiger partial charge < -0.3 is 0 Å². The van der Waals surface area contributed by atoms with Gasteiger partial charge in [-0.25, -0.2) is 9.97 Å². The van der Waals surface area contributed by atoms with E-state index in [-0.39, 0.29) is 0 Å². The Balaban J connectivity index is 1.49. The van der Waals surface area contributed by atoms with Crippen LogP contribution in [0.5, 0.6) is 0 Å². The highest BCUT2D eigenvalue weighted by Gasteiger charge is 2.29. The van der Waals surface area contributed by atoms with Crippen LogP contribution < -0.4 is 4.90 Å². The molecule has 3 heterocycles. The summed E-state index contributed by atoms with van der Waals surface area (Å²) in [6.07, 6.45) is 1.87. The first-order chi connectivity index (χ1) is 18.3. The molecule has 7 aromatic rings. The molecule has 0 radical (unpaired) electrons. The van der Waals surface area contributed by atoms with Crippen LogP contribution in [0.1, 0.15) is 0 Å². The third-order valence-corrected chi connectivity index (χ3v) is 7.21. The second-order valence-corrected chi connectivity index (χ2v) is 9.33. The van der Waals surface area contributed by atoms with Gasteiger partial charge in [-0.3, -0.25) is 9.88 Å². The van der Waals surface area contributed by atoms with Gasteiger partial charge in [0.05, 0.1) is 39.8 Å². The average molecular weight is 473 g/mol. The molecule has 0 saturated carbocycles. The number of hydrogen-bond acceptors (Lipinski definition) is 4. The van der Waals surface area contributed by atoms with E-state index in [0.717, 1.165) is 61.3 Å². The summed E-state index contributed by atoms with van der Waals surface area (Å²) in [6, 6.07) is 40.0. The minimum Gasteiger partial charge on any atom is -0.292 e. The van der Waals surface area contributed by atoms with Crippen LogP contribution in [0.2, 0.25) is 0 Å². The molecular formula is C33H20N4. The van der Waals surface area contributed by atoms with Crippen molar-refractivity contribution in [1.29, 1.82) is 0 Å². The number of fused-ring (bicyclic) bond motifs is 5. The van der Waals surface area contributed by atoms with Crippen molar-refractivity contribution in [2.75, 3.05) is 4.90 Å². The Labute approximate surface area is 213 Å². The number of pyridine rings is 1. The highest BCUT2D eigenvalue weighted by Crippen LogP contribution is 2.51. The van der Waals surface area contributed by atoms with E-state index in [2.05, 4.69) is 89.8 Å². The van der Waals surface area contributed by atoms with Gasteiger partial charge in [0.1, 0.15) is 0 Å². The molecule has 0 atom stereocenters. The molecule has 0 aliphatic carbocycles. The zero-order valence-corrected chi connectivity index (χ0v) is 19.8. The van der Waals surface area contributed by atoms with Gasteiger partial charge in [0.15, 0.2) is 5.82 Å². The van der Waals surface area contributed by atoms with E-state index in [0.29, 0.717) is 0 Å². The van der Waals surface area contributed by atoms with Gasteiger partial charge >= 0.3 is 0 Å². The summed E-state index contributed by atoms with van der Waals surface area (Å²) in [5, 5.41) is 3.47. The van der Waals surface area contributed by atoms with E-state index in [4.69, 9.17) is 15.0 Å². The Kier molecular flexibility index (Phi) is 4.19. The Bertz CT molecular complexity index is 2000. The van der Waals surface area contributed by atoms with Crippen LogP contribution in [0.15, 0.2) is 121 Å². The Morgan fingerprint density at radius 3 is 2.16 bits per heavy atom. The van der Waals surface area contributed by atoms with Crippen molar-refractivity contribution in [2.45, 2.75) is 0 Å². The normalized spacial score (nSPS) is 12.3. The van der Waals surface area contributed by atoms with Crippen LogP contribution in [-0.4, -0.2) is 15.0 Å². The van der Waals surface area contributed by atoms with E-state index in [1.54, 1.807) is 0 Å². The summed E-state index contributed by atoms with van der Waals surface area (Å²) in [5.74, 6) is 0.790. The van der Waals surface area contributed by atoms with Crippen molar-refractivity contribution < 1.29 is 0 Å². The van der Waals surface area contributed by atoms with E-state index < -0.39 is 0 Å². The molecule has 0 bridgehead atoms. The first-order valence-electron chi connectivity index (χ1n) is 12.4. The molecule has 0 N–H and O–H groups in total. The fraction of sp³-hybridized carbons (Fsp3) is 0. The topological polar surface area (TPSA) is 41.9 Å². The largest absolute Gasteiger partial charge is 0.292 e. The molecule has 172 valence electrons. The molecule has 2 aromatic heterocycles. The standard InChI is InChI=1S/C33H20N4/c1-2-9-21(10-3-1)22-17-18-29-25(19-22)33-32-24(23-11-4-5-13-26(23)36-33)12-8-16-30(32)37(29)31-20-34-27-14-6-7-15-28(27)35-31/h1-20H. The van der Waals surface area contributed by atoms with E-state index in [9.17, 15) is 0 Å². The number of para-hydroxylation sites is 3. The second kappa shape index (κ2) is 7.70. The predicted molar refractivity (Wildman–Crippen MR) is 151 cm³/mol. The third kappa shape index (κ3) is 2.99. The maximum atomic E-state index is 5.23. The van der Waals surface area contributed by atoms with Crippen LogP contribution in [0.3, 0.4) is 0 Å². The van der Waals surface area contributed by atoms with Crippen LogP contribution in [0.4, 0.5) is 17.2 Å². The lowest BCUT2D eigenvalue weighted by molar-refractivity contribution is 1.17. The SMILES string of the molecule is c1ccc(-c2ccc3c(c2)-c2nc4ccccc4c4cccc(c24)N3c2cnc3ccccc3n2)cc1. The summed E-state index contributed by atoms with van der Waals surface area (Å²) >= 11 is 0. The summed E-state index contributed by atoms with van der Waals surface area (Å²) in [4.78, 5) is 17.2. The summed E-state index contributed by atoms with van der Waals surface area (Å²) in [7, 11) is 0. The fourth-order valence-electron chi connectivity index (χ4n) is 5.53. The van der Waals surface area contributed by atoms with Gasteiger partial charge in [-0.2, -0.15) is 0 Å². The molecule has 0 unspecified atom stereocenters. The maximum absolute atomic E-state index is 5.23. The minimum atomic E-state index is 0.790. The van der Waals surface area contributed by atoms with Crippen molar-refractivity contribution in [3.8, 4) is 22.4 Å². The monoisotopic (exact) mass is 472 g/mol. The molecule has 1 aliphatic rings. The molecule has 1 aliphatic heterocycles. The van der Waals surface area contributed by atoms with Crippen molar-refractivity contribution in [3.05, 3.63) is 121 Å². The molecular weight excluding hydrogens is 452 g/mol. The van der Waals surface area contributed by atoms with Crippen molar-refractivity contribution >= 4 is 49.9 Å². The lowest BCUT2D eigenvalue weighted by atomic mass is 9.91. The summed E-state index contributed by atoms with van der Waals surface area (Å²) in [5.41, 5.74) is 9.29. The van der Waals surface area contributed by atoms with E-state index in [1.807, 2.05) is 36.5 Å². The molecule has 0 amide bonds. The zero-order chi connectivity index (χ0) is 24.3. The molecule has 0 saturated heterocycles. The van der Waals surface area contributed by atoms with E-state index >= 15 is 0 Å². The molecule has 4 heteroatoms. The van der Waals surface area contributed by atoms with Crippen molar-refractivity contribution in [2.24, 2.45) is 0 Å². The van der Waals surface area contributed by atoms with E-state index in [1.165, 1.54) is 10.9 Å². The lowest BCUT2D eigenvalue weighted by Gasteiger charge is -2.32. The van der Waals surface area contributed by atoms with Crippen molar-refractivity contribution in [3.63, 3.8) is 0 Å². The number of aromatic nitrogens is 3. The number of rotatable bonds is 2.